The number of aryl methyl sites for hydroxylation is 2. The summed E-state index contributed by atoms with van der Waals surface area (Å²) in [5.74, 6) is 0.475. The molecule has 4 nitrogen and oxygen atoms in total. The van der Waals surface area contributed by atoms with Crippen LogP contribution in [0.4, 0.5) is 0 Å². The minimum atomic E-state index is -0.202. The number of esters is 2. The quantitative estimate of drug-likeness (QED) is 0.206. The minimum Gasteiger partial charge on any atom is -0.426 e. The number of benzene rings is 2. The van der Waals surface area contributed by atoms with E-state index < -0.39 is 0 Å². The first kappa shape index (κ1) is 25.0. The lowest BCUT2D eigenvalue weighted by molar-refractivity contribution is -0.145. The van der Waals surface area contributed by atoms with Gasteiger partial charge in [0.05, 0.1) is 11.8 Å². The molecule has 0 radical (unpaired) electrons. The second-order valence-electron chi connectivity index (χ2n) is 9.37. The molecule has 0 spiro atoms. The molecule has 0 heterocycles. The first-order valence-corrected chi connectivity index (χ1v) is 12.6. The van der Waals surface area contributed by atoms with Gasteiger partial charge in [0.1, 0.15) is 11.5 Å². The van der Waals surface area contributed by atoms with E-state index in [1.807, 2.05) is 43.3 Å². The molecule has 1 fully saturated rings. The van der Waals surface area contributed by atoms with Crippen molar-refractivity contribution in [3.63, 3.8) is 0 Å². The molecular weight excluding hydrogens is 412 g/mol. The Kier molecular flexibility index (Phi) is 9.99. The molecule has 0 atom stereocenters. The Morgan fingerprint density at radius 1 is 0.697 bits per heavy atom. The summed E-state index contributed by atoms with van der Waals surface area (Å²) in [5.41, 5.74) is 2.42. The number of unbranched alkanes of at least 4 members (excludes halogenated alkanes) is 5. The van der Waals surface area contributed by atoms with Crippen molar-refractivity contribution >= 4 is 11.9 Å². The second-order valence-corrected chi connectivity index (χ2v) is 9.37. The highest BCUT2D eigenvalue weighted by Gasteiger charge is 2.32. The molecular formula is C29H38O4. The van der Waals surface area contributed by atoms with Gasteiger partial charge in [-0.25, -0.2) is 0 Å². The Morgan fingerprint density at radius 3 is 1.67 bits per heavy atom. The SMILES string of the molecule is CCCCCCCCc1ccc(OC(=O)C2CCC(C(=O)Oc3ccc(C)cc3)CC2)cc1. The summed E-state index contributed by atoms with van der Waals surface area (Å²) in [5, 5.41) is 0. The topological polar surface area (TPSA) is 52.6 Å². The number of carbonyl (C=O) groups excluding carboxylic acids is 2. The average Bonchev–Trinajstić information content (AvgIpc) is 2.84. The monoisotopic (exact) mass is 450 g/mol. The predicted molar refractivity (Wildman–Crippen MR) is 131 cm³/mol. The van der Waals surface area contributed by atoms with Crippen molar-refractivity contribution in [2.45, 2.75) is 84.5 Å². The summed E-state index contributed by atoms with van der Waals surface area (Å²) in [7, 11) is 0. The fourth-order valence-electron chi connectivity index (χ4n) is 4.40. The van der Waals surface area contributed by atoms with Crippen LogP contribution in [0, 0.1) is 18.8 Å². The molecule has 0 aliphatic heterocycles. The predicted octanol–water partition coefficient (Wildman–Crippen LogP) is 7.22. The average molecular weight is 451 g/mol. The van der Waals surface area contributed by atoms with Crippen LogP contribution in [0.5, 0.6) is 11.5 Å². The van der Waals surface area contributed by atoms with Gasteiger partial charge in [-0.1, -0.05) is 68.9 Å². The molecule has 3 rings (SSSR count). The fourth-order valence-corrected chi connectivity index (χ4v) is 4.40. The normalized spacial score (nSPS) is 18.0. The summed E-state index contributed by atoms with van der Waals surface area (Å²) in [6.45, 7) is 4.24. The lowest BCUT2D eigenvalue weighted by Crippen LogP contribution is -2.30. The zero-order chi connectivity index (χ0) is 23.5. The Hall–Kier alpha value is -2.62. The highest BCUT2D eigenvalue weighted by atomic mass is 16.5. The van der Waals surface area contributed by atoms with Gasteiger partial charge >= 0.3 is 11.9 Å². The van der Waals surface area contributed by atoms with Crippen LogP contribution in [0.15, 0.2) is 48.5 Å². The van der Waals surface area contributed by atoms with E-state index in [1.54, 1.807) is 0 Å². The molecule has 0 saturated heterocycles. The molecule has 0 N–H and O–H groups in total. The van der Waals surface area contributed by atoms with E-state index in [2.05, 4.69) is 19.1 Å². The van der Waals surface area contributed by atoms with Crippen molar-refractivity contribution in [1.82, 2.24) is 0 Å². The number of rotatable bonds is 11. The molecule has 1 aliphatic rings. The standard InChI is InChI=1S/C29H38O4/c1-3-4-5-6-7-8-9-23-12-20-27(21-13-23)33-29(31)25-16-14-24(15-17-25)28(30)32-26-18-10-22(2)11-19-26/h10-13,18-21,24-25H,3-9,14-17H2,1-2H3. The van der Waals surface area contributed by atoms with Crippen LogP contribution in [0.3, 0.4) is 0 Å². The number of ether oxygens (including phenoxy) is 2. The maximum absolute atomic E-state index is 12.6. The van der Waals surface area contributed by atoms with Gasteiger partial charge in [0.15, 0.2) is 0 Å². The third-order valence-corrected chi connectivity index (χ3v) is 6.59. The molecule has 0 aromatic heterocycles. The molecule has 2 aromatic rings. The Balaban J connectivity index is 1.37. The van der Waals surface area contributed by atoms with Crippen molar-refractivity contribution in [3.05, 3.63) is 59.7 Å². The van der Waals surface area contributed by atoms with Crippen LogP contribution < -0.4 is 9.47 Å². The highest BCUT2D eigenvalue weighted by molar-refractivity contribution is 5.77. The lowest BCUT2D eigenvalue weighted by Gasteiger charge is -2.25. The maximum Gasteiger partial charge on any atom is 0.314 e. The van der Waals surface area contributed by atoms with Crippen molar-refractivity contribution in [3.8, 4) is 11.5 Å². The van der Waals surface area contributed by atoms with Crippen LogP contribution in [-0.4, -0.2) is 11.9 Å². The van der Waals surface area contributed by atoms with Crippen LogP contribution in [0.2, 0.25) is 0 Å². The number of carbonyl (C=O) groups is 2. The summed E-state index contributed by atoms with van der Waals surface area (Å²) >= 11 is 0. The zero-order valence-electron chi connectivity index (χ0n) is 20.2. The minimum absolute atomic E-state index is 0.156. The van der Waals surface area contributed by atoms with Gasteiger partial charge in [-0.05, 0) is 75.3 Å². The van der Waals surface area contributed by atoms with Crippen molar-refractivity contribution < 1.29 is 19.1 Å². The first-order valence-electron chi connectivity index (χ1n) is 12.6. The van der Waals surface area contributed by atoms with E-state index in [-0.39, 0.29) is 23.8 Å². The molecule has 0 unspecified atom stereocenters. The third kappa shape index (κ3) is 8.34. The van der Waals surface area contributed by atoms with Gasteiger partial charge in [0.2, 0.25) is 0 Å². The molecule has 33 heavy (non-hydrogen) atoms. The largest absolute Gasteiger partial charge is 0.426 e. The summed E-state index contributed by atoms with van der Waals surface area (Å²) in [6, 6.07) is 15.4. The number of hydrogen-bond donors (Lipinski definition) is 0. The van der Waals surface area contributed by atoms with Crippen LogP contribution in [0.25, 0.3) is 0 Å². The van der Waals surface area contributed by atoms with Gasteiger partial charge in [-0.2, -0.15) is 0 Å². The molecule has 4 heteroatoms. The molecule has 0 amide bonds. The lowest BCUT2D eigenvalue weighted by atomic mass is 9.82. The molecule has 1 aliphatic carbocycles. The highest BCUT2D eigenvalue weighted by Crippen LogP contribution is 2.31. The van der Waals surface area contributed by atoms with Crippen molar-refractivity contribution in [2.24, 2.45) is 11.8 Å². The second kappa shape index (κ2) is 13.2. The molecule has 1 saturated carbocycles. The zero-order valence-corrected chi connectivity index (χ0v) is 20.2. The van der Waals surface area contributed by atoms with Gasteiger partial charge < -0.3 is 9.47 Å². The van der Waals surface area contributed by atoms with E-state index in [0.717, 1.165) is 12.0 Å². The van der Waals surface area contributed by atoms with Gasteiger partial charge in [0, 0.05) is 0 Å². The van der Waals surface area contributed by atoms with E-state index in [1.165, 1.54) is 44.1 Å². The van der Waals surface area contributed by atoms with Crippen molar-refractivity contribution in [1.29, 1.82) is 0 Å². The Labute approximate surface area is 198 Å². The van der Waals surface area contributed by atoms with E-state index in [0.29, 0.717) is 37.2 Å². The van der Waals surface area contributed by atoms with E-state index in [4.69, 9.17) is 9.47 Å². The van der Waals surface area contributed by atoms with E-state index in [9.17, 15) is 9.59 Å². The van der Waals surface area contributed by atoms with Crippen LogP contribution in [-0.2, 0) is 16.0 Å². The summed E-state index contributed by atoms with van der Waals surface area (Å²) in [6.07, 6.45) is 11.4. The summed E-state index contributed by atoms with van der Waals surface area (Å²) in [4.78, 5) is 25.1. The third-order valence-electron chi connectivity index (χ3n) is 6.59. The molecule has 2 aromatic carbocycles. The maximum atomic E-state index is 12.6. The fraction of sp³-hybridized carbons (Fsp3) is 0.517. The van der Waals surface area contributed by atoms with Crippen molar-refractivity contribution in [2.75, 3.05) is 0 Å². The van der Waals surface area contributed by atoms with Gasteiger partial charge in [0.25, 0.3) is 0 Å². The molecule has 178 valence electrons. The first-order chi connectivity index (χ1) is 16.0. The van der Waals surface area contributed by atoms with Gasteiger partial charge in [-0.3, -0.25) is 9.59 Å². The smallest absolute Gasteiger partial charge is 0.314 e. The van der Waals surface area contributed by atoms with Gasteiger partial charge in [-0.15, -0.1) is 0 Å². The molecule has 0 bridgehead atoms. The van der Waals surface area contributed by atoms with E-state index >= 15 is 0 Å². The van der Waals surface area contributed by atoms with Crippen LogP contribution in [0.1, 0.15) is 82.3 Å². The number of hydrogen-bond acceptors (Lipinski definition) is 4. The Bertz CT molecular complexity index is 861. The Morgan fingerprint density at radius 2 is 1.15 bits per heavy atom. The summed E-state index contributed by atoms with van der Waals surface area (Å²) < 4.78 is 11.1. The van der Waals surface area contributed by atoms with Crippen LogP contribution >= 0.6 is 0 Å².